The fourth-order valence-electron chi connectivity index (χ4n) is 2.87. The van der Waals surface area contributed by atoms with Crippen LogP contribution < -0.4 is 5.72 Å². The topological polar surface area (TPSA) is 28.7 Å². The summed E-state index contributed by atoms with van der Waals surface area (Å²) >= 11 is 0. The number of imidazole rings is 1. The van der Waals surface area contributed by atoms with Crippen molar-refractivity contribution in [2.75, 3.05) is 0 Å². The van der Waals surface area contributed by atoms with Crippen LogP contribution in [0.3, 0.4) is 0 Å². The minimum atomic E-state index is 0.305. The second-order valence-corrected chi connectivity index (χ2v) is 6.39. The highest BCUT2D eigenvalue weighted by Crippen LogP contribution is 2.37. The summed E-state index contributed by atoms with van der Waals surface area (Å²) in [5, 5.41) is 0.305. The van der Waals surface area contributed by atoms with E-state index < -0.39 is 0 Å². The zero-order valence-corrected chi connectivity index (χ0v) is 13.8. The van der Waals surface area contributed by atoms with Crippen molar-refractivity contribution in [1.82, 2.24) is 9.97 Å². The van der Waals surface area contributed by atoms with Crippen LogP contribution >= 0.6 is 0 Å². The molecule has 0 aliphatic carbocycles. The molecule has 0 aromatic carbocycles. The summed E-state index contributed by atoms with van der Waals surface area (Å²) in [5.41, 5.74) is 1.04. The SMILES string of the molecule is CCCCCCC(C)([B]c1ncc[nH]1)CCCCCC. The maximum Gasteiger partial charge on any atom is 0.208 e. The maximum atomic E-state index is 4.38. The molecule has 0 spiro atoms. The molecule has 1 aromatic heterocycles. The molecule has 1 rings (SSSR count). The molecule has 1 radical (unpaired) electrons. The Hall–Kier alpha value is -0.725. The molecule has 0 bridgehead atoms. The normalized spacial score (nSPS) is 11.8. The molecular weight excluding hydrogens is 243 g/mol. The van der Waals surface area contributed by atoms with Crippen molar-refractivity contribution in [2.24, 2.45) is 0 Å². The molecule has 0 aliphatic heterocycles. The van der Waals surface area contributed by atoms with E-state index in [0.29, 0.717) is 5.31 Å². The number of hydrogen-bond donors (Lipinski definition) is 1. The molecule has 3 heteroatoms. The summed E-state index contributed by atoms with van der Waals surface area (Å²) in [6.07, 6.45) is 17.1. The van der Waals surface area contributed by atoms with Crippen molar-refractivity contribution in [2.45, 2.75) is 90.3 Å². The van der Waals surface area contributed by atoms with Gasteiger partial charge in [-0.2, -0.15) is 0 Å². The molecule has 0 fully saturated rings. The minimum Gasteiger partial charge on any atom is -0.357 e. The number of aromatic nitrogens is 2. The highest BCUT2D eigenvalue weighted by atomic mass is 14.9. The van der Waals surface area contributed by atoms with Crippen LogP contribution in [0.25, 0.3) is 0 Å². The third-order valence-electron chi connectivity index (χ3n) is 4.21. The van der Waals surface area contributed by atoms with Crippen LogP contribution in [0.4, 0.5) is 0 Å². The average Bonchev–Trinajstić information content (AvgIpc) is 2.93. The zero-order valence-electron chi connectivity index (χ0n) is 13.8. The van der Waals surface area contributed by atoms with E-state index in [1.165, 1.54) is 64.2 Å². The van der Waals surface area contributed by atoms with E-state index in [0.717, 1.165) is 5.72 Å². The number of aromatic amines is 1. The first-order valence-electron chi connectivity index (χ1n) is 8.55. The standard InChI is InChI=1S/C17H32BN2/c1-4-6-8-10-12-17(3,13-11-9-7-5-2)18-16-19-14-15-20-16/h14-15H,4-13H2,1-3H3,(H,19,20). The molecule has 113 valence electrons. The van der Waals surface area contributed by atoms with Crippen LogP contribution in [-0.4, -0.2) is 17.2 Å². The van der Waals surface area contributed by atoms with Gasteiger partial charge in [-0.1, -0.05) is 90.3 Å². The Labute approximate surface area is 126 Å². The summed E-state index contributed by atoms with van der Waals surface area (Å²) < 4.78 is 0. The van der Waals surface area contributed by atoms with Crippen LogP contribution in [0, 0.1) is 0 Å². The maximum absolute atomic E-state index is 4.38. The van der Waals surface area contributed by atoms with Gasteiger partial charge in [0, 0.05) is 12.4 Å². The predicted octanol–water partition coefficient (Wildman–Crippen LogP) is 4.86. The molecule has 20 heavy (non-hydrogen) atoms. The lowest BCUT2D eigenvalue weighted by atomic mass is 9.49. The molecule has 0 aliphatic rings. The molecule has 0 atom stereocenters. The smallest absolute Gasteiger partial charge is 0.208 e. The lowest BCUT2D eigenvalue weighted by molar-refractivity contribution is 0.452. The van der Waals surface area contributed by atoms with Crippen LogP contribution in [0.15, 0.2) is 12.4 Å². The van der Waals surface area contributed by atoms with E-state index in [9.17, 15) is 0 Å². The van der Waals surface area contributed by atoms with Gasteiger partial charge in [0.1, 0.15) is 0 Å². The van der Waals surface area contributed by atoms with Crippen molar-refractivity contribution in [3.8, 4) is 0 Å². The number of nitrogens with one attached hydrogen (secondary N) is 1. The molecule has 1 heterocycles. The number of H-pyrrole nitrogens is 1. The first kappa shape index (κ1) is 17.3. The minimum absolute atomic E-state index is 0.305. The Bertz CT molecular complexity index is 310. The van der Waals surface area contributed by atoms with Gasteiger partial charge in [0.05, 0.1) is 5.72 Å². The Balaban J connectivity index is 2.43. The van der Waals surface area contributed by atoms with E-state index in [2.05, 4.69) is 38.0 Å². The number of unbranched alkanes of at least 4 members (excludes halogenated alkanes) is 6. The van der Waals surface area contributed by atoms with Crippen LogP contribution in [-0.2, 0) is 0 Å². The fourth-order valence-corrected chi connectivity index (χ4v) is 2.87. The Morgan fingerprint density at radius 2 is 1.60 bits per heavy atom. The van der Waals surface area contributed by atoms with Gasteiger partial charge in [-0.3, -0.25) is 4.98 Å². The van der Waals surface area contributed by atoms with Crippen molar-refractivity contribution in [3.63, 3.8) is 0 Å². The van der Waals surface area contributed by atoms with Crippen LogP contribution in [0.5, 0.6) is 0 Å². The number of nitrogens with zero attached hydrogens (tertiary/aromatic N) is 1. The van der Waals surface area contributed by atoms with E-state index in [4.69, 9.17) is 0 Å². The summed E-state index contributed by atoms with van der Waals surface area (Å²) in [6, 6.07) is 0. The van der Waals surface area contributed by atoms with Gasteiger partial charge in [0.15, 0.2) is 0 Å². The second kappa shape index (κ2) is 10.1. The van der Waals surface area contributed by atoms with Gasteiger partial charge in [-0.05, 0) is 0 Å². The highest BCUT2D eigenvalue weighted by molar-refractivity contribution is 6.54. The van der Waals surface area contributed by atoms with E-state index in [-0.39, 0.29) is 0 Å². The van der Waals surface area contributed by atoms with E-state index >= 15 is 0 Å². The van der Waals surface area contributed by atoms with Crippen LogP contribution in [0.2, 0.25) is 5.31 Å². The van der Waals surface area contributed by atoms with Crippen molar-refractivity contribution < 1.29 is 0 Å². The third kappa shape index (κ3) is 7.16. The van der Waals surface area contributed by atoms with E-state index in [1.807, 2.05) is 12.4 Å². The Morgan fingerprint density at radius 1 is 1.00 bits per heavy atom. The van der Waals surface area contributed by atoms with Gasteiger partial charge in [0.2, 0.25) is 7.28 Å². The predicted molar refractivity (Wildman–Crippen MR) is 89.9 cm³/mol. The van der Waals surface area contributed by atoms with Crippen molar-refractivity contribution in [3.05, 3.63) is 12.4 Å². The summed E-state index contributed by atoms with van der Waals surface area (Å²) in [5.74, 6) is 0. The monoisotopic (exact) mass is 275 g/mol. The van der Waals surface area contributed by atoms with Crippen molar-refractivity contribution >= 4 is 13.0 Å². The Morgan fingerprint density at radius 3 is 2.05 bits per heavy atom. The van der Waals surface area contributed by atoms with Crippen LogP contribution in [0.1, 0.15) is 85.0 Å². The average molecular weight is 275 g/mol. The molecule has 0 saturated heterocycles. The lowest BCUT2D eigenvalue weighted by Crippen LogP contribution is -2.30. The first-order chi connectivity index (χ1) is 9.70. The molecule has 0 unspecified atom stereocenters. The number of rotatable bonds is 12. The number of hydrogen-bond acceptors (Lipinski definition) is 1. The fraction of sp³-hybridized carbons (Fsp3) is 0.824. The molecule has 1 aromatic rings. The van der Waals surface area contributed by atoms with E-state index in [1.54, 1.807) is 0 Å². The van der Waals surface area contributed by atoms with Gasteiger partial charge in [-0.15, -0.1) is 0 Å². The lowest BCUT2D eigenvalue weighted by Gasteiger charge is -2.28. The van der Waals surface area contributed by atoms with Crippen molar-refractivity contribution in [1.29, 1.82) is 0 Å². The van der Waals surface area contributed by atoms with Gasteiger partial charge in [-0.25, -0.2) is 0 Å². The second-order valence-electron chi connectivity index (χ2n) is 6.39. The van der Waals surface area contributed by atoms with Gasteiger partial charge in [0.25, 0.3) is 0 Å². The summed E-state index contributed by atoms with van der Waals surface area (Å²) in [4.78, 5) is 7.61. The third-order valence-corrected chi connectivity index (χ3v) is 4.21. The molecule has 1 N–H and O–H groups in total. The zero-order chi connectivity index (χ0) is 14.7. The molecule has 0 saturated carbocycles. The largest absolute Gasteiger partial charge is 0.357 e. The quantitative estimate of drug-likeness (QED) is 0.428. The molecule has 0 amide bonds. The first-order valence-corrected chi connectivity index (χ1v) is 8.55. The highest BCUT2D eigenvalue weighted by Gasteiger charge is 2.26. The summed E-state index contributed by atoms with van der Waals surface area (Å²) in [7, 11) is 2.37. The summed E-state index contributed by atoms with van der Waals surface area (Å²) in [6.45, 7) is 6.96. The van der Waals surface area contributed by atoms with Gasteiger partial charge < -0.3 is 4.98 Å². The Kier molecular flexibility index (Phi) is 8.72. The molecule has 2 nitrogen and oxygen atoms in total. The molecular formula is C17H32BN2. The van der Waals surface area contributed by atoms with Gasteiger partial charge >= 0.3 is 0 Å².